The monoisotopic (exact) mass is 375 g/mol. The van der Waals surface area contributed by atoms with Crippen LogP contribution in [0.4, 0.5) is 4.79 Å². The Balaban J connectivity index is 1.26. The molecule has 4 rings (SSSR count). The molecule has 1 atom stereocenters. The lowest BCUT2D eigenvalue weighted by Crippen LogP contribution is -2.64. The molecule has 8 heteroatoms. The number of likely N-dealkylation sites (tertiary alicyclic amines) is 2. The van der Waals surface area contributed by atoms with E-state index in [2.05, 4.69) is 33.7 Å². The van der Waals surface area contributed by atoms with Gasteiger partial charge in [0.25, 0.3) is 0 Å². The number of allylic oxidation sites excluding steroid dienone is 1. The summed E-state index contributed by atoms with van der Waals surface area (Å²) in [6.07, 6.45) is 2.69. The molecule has 1 spiro atoms. The van der Waals surface area contributed by atoms with E-state index in [1.165, 1.54) is 5.57 Å². The number of nitrogens with two attached hydrogens (primary N) is 1. The van der Waals surface area contributed by atoms with E-state index in [-0.39, 0.29) is 41.6 Å². The van der Waals surface area contributed by atoms with Gasteiger partial charge in [-0.05, 0) is 47.0 Å². The standard InChI is InChI=1S/C19H30BN3O4/c1-17(2)18(3,4)27-20(26-17)9-13-7-19(8-13)11-23(12-19)16(25)22-6-5-14(10-22)15(21)24/h9,14H,5-8,10-12H2,1-4H3,(H2,21,24)/t14-/m0/s1. The molecule has 1 aliphatic carbocycles. The molecule has 0 aromatic carbocycles. The van der Waals surface area contributed by atoms with Crippen LogP contribution >= 0.6 is 0 Å². The number of carbonyl (C=O) groups excluding carboxylic acids is 2. The molecular formula is C19H30BN3O4. The number of carbonyl (C=O) groups is 2. The smallest absolute Gasteiger partial charge is 0.400 e. The van der Waals surface area contributed by atoms with E-state index in [9.17, 15) is 9.59 Å². The van der Waals surface area contributed by atoms with Gasteiger partial charge in [0, 0.05) is 31.6 Å². The van der Waals surface area contributed by atoms with E-state index >= 15 is 0 Å². The van der Waals surface area contributed by atoms with Crippen molar-refractivity contribution in [3.8, 4) is 0 Å². The van der Waals surface area contributed by atoms with E-state index < -0.39 is 0 Å². The van der Waals surface area contributed by atoms with Gasteiger partial charge in [0.1, 0.15) is 0 Å². The van der Waals surface area contributed by atoms with Crippen molar-refractivity contribution >= 4 is 19.1 Å². The molecule has 7 nitrogen and oxygen atoms in total. The van der Waals surface area contributed by atoms with Gasteiger partial charge in [-0.2, -0.15) is 0 Å². The summed E-state index contributed by atoms with van der Waals surface area (Å²) in [5, 5.41) is 0. The second-order valence-corrected chi connectivity index (χ2v) is 9.78. The number of rotatable bonds is 2. The molecule has 0 aromatic heterocycles. The van der Waals surface area contributed by atoms with Crippen molar-refractivity contribution < 1.29 is 18.9 Å². The molecule has 3 amide bonds. The number of amides is 3. The Hall–Kier alpha value is -1.54. The highest BCUT2D eigenvalue weighted by molar-refractivity contribution is 6.51. The maximum absolute atomic E-state index is 12.6. The van der Waals surface area contributed by atoms with Crippen molar-refractivity contribution in [1.29, 1.82) is 0 Å². The normalized spacial score (nSPS) is 30.3. The van der Waals surface area contributed by atoms with E-state index in [0.717, 1.165) is 25.9 Å². The largest absolute Gasteiger partial charge is 0.487 e. The molecule has 0 aromatic rings. The van der Waals surface area contributed by atoms with Crippen LogP contribution in [0.15, 0.2) is 11.5 Å². The number of hydrogen-bond acceptors (Lipinski definition) is 4. The summed E-state index contributed by atoms with van der Waals surface area (Å²) in [4.78, 5) is 27.5. The maximum atomic E-state index is 12.6. The summed E-state index contributed by atoms with van der Waals surface area (Å²) in [6.45, 7) is 10.9. The molecule has 4 aliphatic rings. The molecule has 27 heavy (non-hydrogen) atoms. The van der Waals surface area contributed by atoms with E-state index in [4.69, 9.17) is 15.0 Å². The van der Waals surface area contributed by atoms with Gasteiger partial charge in [-0.25, -0.2) is 4.79 Å². The minimum absolute atomic E-state index is 0.0489. The number of primary amides is 1. The zero-order chi connectivity index (χ0) is 19.6. The fourth-order valence-corrected chi connectivity index (χ4v) is 4.67. The fourth-order valence-electron chi connectivity index (χ4n) is 4.67. The molecule has 0 unspecified atom stereocenters. The average molecular weight is 375 g/mol. The quantitative estimate of drug-likeness (QED) is 0.743. The summed E-state index contributed by atoms with van der Waals surface area (Å²) in [7, 11) is -0.282. The van der Waals surface area contributed by atoms with Crippen molar-refractivity contribution in [2.75, 3.05) is 26.2 Å². The molecule has 0 radical (unpaired) electrons. The molecule has 0 bridgehead atoms. The predicted molar refractivity (Wildman–Crippen MR) is 102 cm³/mol. The van der Waals surface area contributed by atoms with Crippen LogP contribution < -0.4 is 5.73 Å². The lowest BCUT2D eigenvalue weighted by atomic mass is 9.59. The molecule has 148 valence electrons. The molecule has 4 fully saturated rings. The third-order valence-electron chi connectivity index (χ3n) is 7.03. The van der Waals surface area contributed by atoms with Crippen LogP contribution in [0.1, 0.15) is 47.0 Å². The minimum atomic E-state index is -0.311. The third kappa shape index (κ3) is 3.16. The van der Waals surface area contributed by atoms with Gasteiger partial charge >= 0.3 is 13.1 Å². The lowest BCUT2D eigenvalue weighted by Gasteiger charge is -2.57. The second-order valence-electron chi connectivity index (χ2n) is 9.78. The third-order valence-corrected chi connectivity index (χ3v) is 7.03. The lowest BCUT2D eigenvalue weighted by molar-refractivity contribution is -0.121. The highest BCUT2D eigenvalue weighted by atomic mass is 16.7. The number of hydrogen-bond donors (Lipinski definition) is 1. The van der Waals surface area contributed by atoms with Crippen molar-refractivity contribution in [2.45, 2.75) is 58.2 Å². The SMILES string of the molecule is CC1(C)OB(C=C2CC3(C2)CN(C(=O)N2CC[C@H](C(N)=O)C2)C3)OC1(C)C. The molecule has 3 saturated heterocycles. The predicted octanol–water partition coefficient (Wildman–Crippen LogP) is 1.57. The Morgan fingerprint density at radius 2 is 1.70 bits per heavy atom. The van der Waals surface area contributed by atoms with Crippen molar-refractivity contribution in [2.24, 2.45) is 17.1 Å². The van der Waals surface area contributed by atoms with Gasteiger partial charge in [-0.1, -0.05) is 11.5 Å². The first-order valence-corrected chi connectivity index (χ1v) is 9.89. The van der Waals surface area contributed by atoms with E-state index in [0.29, 0.717) is 19.5 Å². The van der Waals surface area contributed by atoms with Gasteiger partial charge in [0.15, 0.2) is 0 Å². The van der Waals surface area contributed by atoms with Crippen molar-refractivity contribution in [1.82, 2.24) is 9.80 Å². The van der Waals surface area contributed by atoms with Gasteiger partial charge in [-0.3, -0.25) is 4.79 Å². The zero-order valence-electron chi connectivity index (χ0n) is 16.8. The molecule has 1 saturated carbocycles. The van der Waals surface area contributed by atoms with Crippen LogP contribution in [0, 0.1) is 11.3 Å². The van der Waals surface area contributed by atoms with Crippen LogP contribution in [0.25, 0.3) is 0 Å². The first-order valence-electron chi connectivity index (χ1n) is 9.89. The molecular weight excluding hydrogens is 345 g/mol. The maximum Gasteiger partial charge on any atom is 0.487 e. The highest BCUT2D eigenvalue weighted by Gasteiger charge is 2.54. The summed E-state index contributed by atoms with van der Waals surface area (Å²) >= 11 is 0. The minimum Gasteiger partial charge on any atom is -0.400 e. The number of urea groups is 1. The molecule has 3 aliphatic heterocycles. The van der Waals surface area contributed by atoms with Crippen LogP contribution in [0.5, 0.6) is 0 Å². The van der Waals surface area contributed by atoms with Gasteiger partial charge in [0.05, 0.1) is 17.1 Å². The first kappa shape index (κ1) is 18.8. The summed E-state index contributed by atoms with van der Waals surface area (Å²) in [5.74, 6) is 1.62. The highest BCUT2D eigenvalue weighted by Crippen LogP contribution is 2.52. The van der Waals surface area contributed by atoms with Crippen molar-refractivity contribution in [3.05, 3.63) is 11.5 Å². The van der Waals surface area contributed by atoms with Crippen LogP contribution in [0.2, 0.25) is 0 Å². The van der Waals surface area contributed by atoms with Crippen LogP contribution in [-0.4, -0.2) is 66.2 Å². The van der Waals surface area contributed by atoms with Gasteiger partial charge < -0.3 is 24.8 Å². The van der Waals surface area contributed by atoms with Crippen LogP contribution in [0.3, 0.4) is 0 Å². The Labute approximate surface area is 161 Å². The second kappa shape index (κ2) is 5.98. The Bertz CT molecular complexity index is 673. The molecule has 3 heterocycles. The zero-order valence-corrected chi connectivity index (χ0v) is 16.8. The summed E-state index contributed by atoms with van der Waals surface area (Å²) in [5.41, 5.74) is 6.32. The van der Waals surface area contributed by atoms with E-state index in [1.54, 1.807) is 4.90 Å². The first-order chi connectivity index (χ1) is 12.5. The molecule has 2 N–H and O–H groups in total. The topological polar surface area (TPSA) is 85.1 Å². The average Bonchev–Trinajstić information content (AvgIpc) is 3.03. The Morgan fingerprint density at radius 1 is 1.11 bits per heavy atom. The number of nitrogens with zero attached hydrogens (tertiary/aromatic N) is 2. The summed E-state index contributed by atoms with van der Waals surface area (Å²) in [6, 6.07) is 0.0489. The Morgan fingerprint density at radius 3 is 2.22 bits per heavy atom. The van der Waals surface area contributed by atoms with Crippen molar-refractivity contribution in [3.63, 3.8) is 0 Å². The van der Waals surface area contributed by atoms with Gasteiger partial charge in [-0.15, -0.1) is 0 Å². The Kier molecular flexibility index (Phi) is 4.17. The fraction of sp³-hybridized carbons (Fsp3) is 0.789. The van der Waals surface area contributed by atoms with E-state index in [1.807, 2.05) is 4.90 Å². The summed E-state index contributed by atoms with van der Waals surface area (Å²) < 4.78 is 12.1. The van der Waals surface area contributed by atoms with Crippen LogP contribution in [-0.2, 0) is 14.1 Å². The van der Waals surface area contributed by atoms with Gasteiger partial charge in [0.2, 0.25) is 5.91 Å².